The largest absolute Gasteiger partial charge is 0.372 e. The summed E-state index contributed by atoms with van der Waals surface area (Å²) in [7, 11) is 0. The molecule has 0 radical (unpaired) electrons. The van der Waals surface area contributed by atoms with E-state index in [1.807, 2.05) is 23.2 Å². The molecule has 1 N–H and O–H groups in total. The number of hydrogen-bond acceptors (Lipinski definition) is 2. The smallest absolute Gasteiger partial charge is 0.225 e. The lowest BCUT2D eigenvalue weighted by Crippen LogP contribution is -2.52. The molecular weight excluding hydrogens is 317 g/mol. The van der Waals surface area contributed by atoms with Crippen molar-refractivity contribution in [1.82, 2.24) is 9.47 Å². The van der Waals surface area contributed by atoms with Crippen molar-refractivity contribution < 1.29 is 9.18 Å². The van der Waals surface area contributed by atoms with Gasteiger partial charge in [0.05, 0.1) is 16.9 Å². The Balaban J connectivity index is 1.44. The third kappa shape index (κ3) is 2.21. The van der Waals surface area contributed by atoms with Crippen molar-refractivity contribution in [1.29, 1.82) is 0 Å². The van der Waals surface area contributed by atoms with Gasteiger partial charge >= 0.3 is 0 Å². The molecule has 1 saturated carbocycles. The average Bonchev–Trinajstić information content (AvgIpc) is 3.04. The monoisotopic (exact) mass is 339 g/mol. The van der Waals surface area contributed by atoms with Gasteiger partial charge in [-0.3, -0.25) is 4.79 Å². The number of anilines is 1. The lowest BCUT2D eigenvalue weighted by molar-refractivity contribution is -0.139. The maximum Gasteiger partial charge on any atom is 0.225 e. The highest BCUT2D eigenvalue weighted by Gasteiger charge is 2.43. The zero-order chi connectivity index (χ0) is 17.0. The van der Waals surface area contributed by atoms with Crippen LogP contribution < -0.4 is 5.32 Å². The summed E-state index contributed by atoms with van der Waals surface area (Å²) in [6.45, 7) is 1.52. The van der Waals surface area contributed by atoms with Crippen LogP contribution in [0.15, 0.2) is 36.5 Å². The molecule has 0 bridgehead atoms. The predicted molar refractivity (Wildman–Crippen MR) is 94.2 cm³/mol. The van der Waals surface area contributed by atoms with Gasteiger partial charge in [0, 0.05) is 30.9 Å². The molecule has 5 heteroatoms. The second-order valence-corrected chi connectivity index (χ2v) is 7.59. The highest BCUT2D eigenvalue weighted by Crippen LogP contribution is 2.44. The average molecular weight is 339 g/mol. The van der Waals surface area contributed by atoms with Gasteiger partial charge in [-0.2, -0.15) is 0 Å². The molecule has 1 saturated heterocycles. The maximum absolute atomic E-state index is 13.8. The molecule has 0 unspecified atom stereocenters. The fourth-order valence-corrected chi connectivity index (χ4v) is 4.52. The number of rotatable bonds is 1. The Morgan fingerprint density at radius 1 is 1.20 bits per heavy atom. The van der Waals surface area contributed by atoms with Crippen LogP contribution in [0.2, 0.25) is 0 Å². The highest BCUT2D eigenvalue weighted by molar-refractivity contribution is 5.80. The van der Waals surface area contributed by atoms with E-state index in [4.69, 9.17) is 0 Å². The fourth-order valence-electron chi connectivity index (χ4n) is 4.52. The van der Waals surface area contributed by atoms with Crippen molar-refractivity contribution in [3.05, 3.63) is 48.0 Å². The van der Waals surface area contributed by atoms with E-state index in [0.29, 0.717) is 5.91 Å². The Morgan fingerprint density at radius 3 is 2.72 bits per heavy atom. The fraction of sp³-hybridized carbons (Fsp3) is 0.450. The van der Waals surface area contributed by atoms with Gasteiger partial charge in [-0.1, -0.05) is 6.42 Å². The van der Waals surface area contributed by atoms with Crippen molar-refractivity contribution >= 4 is 11.6 Å². The van der Waals surface area contributed by atoms with E-state index in [0.717, 1.165) is 50.1 Å². The quantitative estimate of drug-likeness (QED) is 0.861. The molecule has 4 nitrogen and oxygen atoms in total. The van der Waals surface area contributed by atoms with Gasteiger partial charge in [-0.15, -0.1) is 0 Å². The maximum atomic E-state index is 13.8. The van der Waals surface area contributed by atoms with E-state index in [2.05, 4.69) is 16.0 Å². The second-order valence-electron chi connectivity index (χ2n) is 7.59. The SMILES string of the molecule is O=C(C1CCC1)N1CCC2(CC1)Nc1cc(F)ccc1-n1cccc12. The standard InChI is InChI=1S/C20H22FN3O/c21-15-6-7-17-16(13-15)22-20(18-5-2-10-24(17)18)8-11-23(12-9-20)19(25)14-3-1-4-14/h2,5-7,10,13-14,22H,1,3-4,8-9,11-12H2. The Labute approximate surface area is 146 Å². The lowest BCUT2D eigenvalue weighted by atomic mass is 9.80. The summed E-state index contributed by atoms with van der Waals surface area (Å²) in [6.07, 6.45) is 7.03. The van der Waals surface area contributed by atoms with Gasteiger partial charge < -0.3 is 14.8 Å². The molecule has 1 aliphatic carbocycles. The number of piperidine rings is 1. The summed E-state index contributed by atoms with van der Waals surface area (Å²) in [6, 6.07) is 9.09. The van der Waals surface area contributed by atoms with E-state index >= 15 is 0 Å². The van der Waals surface area contributed by atoms with Crippen LogP contribution in [-0.2, 0) is 10.3 Å². The molecule has 3 aliphatic rings. The number of carbonyl (C=O) groups excluding carboxylic acids is 1. The minimum Gasteiger partial charge on any atom is -0.372 e. The molecule has 130 valence electrons. The van der Waals surface area contributed by atoms with Crippen molar-refractivity contribution in [2.75, 3.05) is 18.4 Å². The molecule has 2 aromatic rings. The highest BCUT2D eigenvalue weighted by atomic mass is 19.1. The topological polar surface area (TPSA) is 37.3 Å². The molecule has 5 rings (SSSR count). The summed E-state index contributed by atoms with van der Waals surface area (Å²) in [5.74, 6) is 0.361. The Hall–Kier alpha value is -2.30. The number of aromatic nitrogens is 1. The van der Waals surface area contributed by atoms with Gasteiger partial charge in [0.2, 0.25) is 5.91 Å². The number of hydrogen-bond donors (Lipinski definition) is 1. The first-order chi connectivity index (χ1) is 12.2. The molecule has 1 amide bonds. The molecule has 2 aliphatic heterocycles. The summed E-state index contributed by atoms with van der Waals surface area (Å²) < 4.78 is 15.9. The van der Waals surface area contributed by atoms with Crippen LogP contribution in [-0.4, -0.2) is 28.5 Å². The molecule has 2 fully saturated rings. The van der Waals surface area contributed by atoms with E-state index in [9.17, 15) is 9.18 Å². The summed E-state index contributed by atoms with van der Waals surface area (Å²) in [4.78, 5) is 14.6. The number of benzene rings is 1. The molecule has 25 heavy (non-hydrogen) atoms. The number of nitrogens with zero attached hydrogens (tertiary/aromatic N) is 2. The molecular formula is C20H22FN3O. The van der Waals surface area contributed by atoms with Gasteiger partial charge in [0.1, 0.15) is 5.82 Å². The van der Waals surface area contributed by atoms with Crippen molar-refractivity contribution in [3.63, 3.8) is 0 Å². The normalized spacial score (nSPS) is 21.2. The van der Waals surface area contributed by atoms with E-state index in [1.54, 1.807) is 6.07 Å². The van der Waals surface area contributed by atoms with E-state index in [-0.39, 0.29) is 17.3 Å². The minimum absolute atomic E-state index is 0.222. The lowest BCUT2D eigenvalue weighted by Gasteiger charge is -2.47. The van der Waals surface area contributed by atoms with Gasteiger partial charge in [-0.25, -0.2) is 4.39 Å². The molecule has 1 aromatic heterocycles. The van der Waals surface area contributed by atoms with Crippen LogP contribution in [0.25, 0.3) is 5.69 Å². The number of carbonyl (C=O) groups is 1. The zero-order valence-corrected chi connectivity index (χ0v) is 14.2. The van der Waals surface area contributed by atoms with Crippen LogP contribution in [0, 0.1) is 11.7 Å². The second kappa shape index (κ2) is 5.35. The Morgan fingerprint density at radius 2 is 2.00 bits per heavy atom. The first kappa shape index (κ1) is 15.0. The number of likely N-dealkylation sites (tertiary alicyclic amines) is 1. The first-order valence-electron chi connectivity index (χ1n) is 9.21. The van der Waals surface area contributed by atoms with E-state index < -0.39 is 0 Å². The number of nitrogens with one attached hydrogen (secondary N) is 1. The molecule has 3 heterocycles. The zero-order valence-electron chi connectivity index (χ0n) is 14.2. The van der Waals surface area contributed by atoms with Gasteiger partial charge in [-0.05, 0) is 56.0 Å². The number of fused-ring (bicyclic) bond motifs is 4. The van der Waals surface area contributed by atoms with Gasteiger partial charge in [0.25, 0.3) is 0 Å². The molecule has 0 atom stereocenters. The molecule has 1 aromatic carbocycles. The van der Waals surface area contributed by atoms with Crippen LogP contribution in [0.1, 0.15) is 37.8 Å². The number of amides is 1. The van der Waals surface area contributed by atoms with Crippen LogP contribution >= 0.6 is 0 Å². The van der Waals surface area contributed by atoms with E-state index in [1.165, 1.54) is 18.2 Å². The predicted octanol–water partition coefficient (Wildman–Crippen LogP) is 3.66. The van der Waals surface area contributed by atoms with Gasteiger partial charge in [0.15, 0.2) is 0 Å². The van der Waals surface area contributed by atoms with Crippen LogP contribution in [0.3, 0.4) is 0 Å². The van der Waals surface area contributed by atoms with Crippen molar-refractivity contribution in [3.8, 4) is 5.69 Å². The third-order valence-corrected chi connectivity index (χ3v) is 6.21. The Bertz CT molecular complexity index is 831. The molecule has 1 spiro atoms. The van der Waals surface area contributed by atoms with Crippen molar-refractivity contribution in [2.45, 2.75) is 37.6 Å². The summed E-state index contributed by atoms with van der Waals surface area (Å²) in [5.41, 5.74) is 2.81. The Kier molecular flexibility index (Phi) is 3.21. The minimum atomic E-state index is -0.227. The van der Waals surface area contributed by atoms with Crippen LogP contribution in [0.4, 0.5) is 10.1 Å². The summed E-state index contributed by atoms with van der Waals surface area (Å²) >= 11 is 0. The van der Waals surface area contributed by atoms with Crippen LogP contribution in [0.5, 0.6) is 0 Å². The van der Waals surface area contributed by atoms with Crippen molar-refractivity contribution in [2.24, 2.45) is 5.92 Å². The summed E-state index contributed by atoms with van der Waals surface area (Å²) in [5, 5.41) is 3.61. The third-order valence-electron chi connectivity index (χ3n) is 6.21. The first-order valence-corrected chi connectivity index (χ1v) is 9.21. The number of halogens is 1.